The van der Waals surface area contributed by atoms with E-state index in [2.05, 4.69) is 10.4 Å². The van der Waals surface area contributed by atoms with Gasteiger partial charge in [0.15, 0.2) is 0 Å². The number of nitrogens with one attached hydrogen (secondary N) is 1. The molecule has 0 spiro atoms. The van der Waals surface area contributed by atoms with Crippen LogP contribution in [0.15, 0.2) is 30.3 Å². The molecule has 0 bridgehead atoms. The molecular formula is C17H24N4O3. The first-order chi connectivity index (χ1) is 11.4. The lowest BCUT2D eigenvalue weighted by Crippen LogP contribution is -2.38. The second-order valence-electron chi connectivity index (χ2n) is 5.78. The van der Waals surface area contributed by atoms with E-state index >= 15 is 0 Å². The van der Waals surface area contributed by atoms with E-state index in [0.29, 0.717) is 5.69 Å². The maximum absolute atomic E-state index is 12.4. The lowest BCUT2D eigenvalue weighted by atomic mass is 10.2. The Morgan fingerprint density at radius 3 is 2.75 bits per heavy atom. The third kappa shape index (κ3) is 4.33. The molecule has 1 aromatic heterocycles. The molecule has 0 fully saturated rings. The van der Waals surface area contributed by atoms with Crippen molar-refractivity contribution in [3.05, 3.63) is 41.7 Å². The monoisotopic (exact) mass is 332 g/mol. The van der Waals surface area contributed by atoms with E-state index in [1.165, 1.54) is 12.0 Å². The molecule has 2 rings (SSSR count). The number of benzene rings is 1. The normalized spacial score (nSPS) is 12.0. The van der Waals surface area contributed by atoms with Gasteiger partial charge in [0.05, 0.1) is 36.3 Å². The van der Waals surface area contributed by atoms with Gasteiger partial charge in [0.25, 0.3) is 0 Å². The van der Waals surface area contributed by atoms with Crippen molar-refractivity contribution in [2.75, 3.05) is 32.6 Å². The quantitative estimate of drug-likeness (QED) is 0.847. The van der Waals surface area contributed by atoms with E-state index in [1.54, 1.807) is 11.7 Å². The lowest BCUT2D eigenvalue weighted by Gasteiger charge is -2.22. The second kappa shape index (κ2) is 7.94. The standard InChI is InChI=1S/C17H24N4O3/c1-12-9-13(2)21(19-12)16-8-6-5-7-15(16)18-17(23)20(3)10-14(22)11-24-4/h5-9,14,22H,10-11H2,1-4H3,(H,18,23). The number of likely N-dealkylation sites (N-methyl/N-ethyl adjacent to an activating group) is 1. The van der Waals surface area contributed by atoms with Gasteiger partial charge in [0.1, 0.15) is 0 Å². The van der Waals surface area contributed by atoms with Gasteiger partial charge in [-0.1, -0.05) is 12.1 Å². The summed E-state index contributed by atoms with van der Waals surface area (Å²) in [7, 11) is 3.13. The summed E-state index contributed by atoms with van der Waals surface area (Å²) in [6.07, 6.45) is -0.725. The number of urea groups is 1. The first-order valence-corrected chi connectivity index (χ1v) is 7.74. The van der Waals surface area contributed by atoms with Crippen LogP contribution in [0.1, 0.15) is 11.4 Å². The zero-order valence-corrected chi connectivity index (χ0v) is 14.5. The van der Waals surface area contributed by atoms with Gasteiger partial charge < -0.3 is 20.1 Å². The van der Waals surface area contributed by atoms with Gasteiger partial charge in [0.2, 0.25) is 0 Å². The van der Waals surface area contributed by atoms with Crippen LogP contribution in [0.3, 0.4) is 0 Å². The molecule has 0 aliphatic carbocycles. The minimum atomic E-state index is -0.725. The molecule has 130 valence electrons. The van der Waals surface area contributed by atoms with Crippen LogP contribution in [0.2, 0.25) is 0 Å². The van der Waals surface area contributed by atoms with Crippen molar-refractivity contribution < 1.29 is 14.6 Å². The Morgan fingerprint density at radius 1 is 1.42 bits per heavy atom. The fourth-order valence-corrected chi connectivity index (χ4v) is 2.49. The maximum Gasteiger partial charge on any atom is 0.321 e. The predicted molar refractivity (Wildman–Crippen MR) is 92.6 cm³/mol. The number of nitrogens with zero attached hydrogens (tertiary/aromatic N) is 3. The number of aromatic nitrogens is 2. The first-order valence-electron chi connectivity index (χ1n) is 7.74. The highest BCUT2D eigenvalue weighted by atomic mass is 16.5. The summed E-state index contributed by atoms with van der Waals surface area (Å²) < 4.78 is 6.67. The smallest absolute Gasteiger partial charge is 0.321 e. The molecular weight excluding hydrogens is 308 g/mol. The van der Waals surface area contributed by atoms with E-state index in [4.69, 9.17) is 4.74 Å². The number of aliphatic hydroxyl groups excluding tert-OH is 1. The molecule has 0 saturated carbocycles. The minimum Gasteiger partial charge on any atom is -0.389 e. The third-order valence-electron chi connectivity index (χ3n) is 3.57. The Hall–Kier alpha value is -2.38. The van der Waals surface area contributed by atoms with Crippen molar-refractivity contribution in [1.82, 2.24) is 14.7 Å². The highest BCUT2D eigenvalue weighted by Crippen LogP contribution is 2.21. The van der Waals surface area contributed by atoms with Crippen molar-refractivity contribution in [2.45, 2.75) is 20.0 Å². The summed E-state index contributed by atoms with van der Waals surface area (Å²) in [5.74, 6) is 0. The van der Waals surface area contributed by atoms with Crippen molar-refractivity contribution in [2.24, 2.45) is 0 Å². The Balaban J connectivity index is 2.16. The molecule has 1 unspecified atom stereocenters. The summed E-state index contributed by atoms with van der Waals surface area (Å²) in [6.45, 7) is 4.25. The molecule has 7 heteroatoms. The predicted octanol–water partition coefficient (Wildman–Crippen LogP) is 1.96. The average molecular weight is 332 g/mol. The van der Waals surface area contributed by atoms with E-state index in [0.717, 1.165) is 17.1 Å². The Kier molecular flexibility index (Phi) is 5.94. The third-order valence-corrected chi connectivity index (χ3v) is 3.57. The fraction of sp³-hybridized carbons (Fsp3) is 0.412. The lowest BCUT2D eigenvalue weighted by molar-refractivity contribution is 0.0501. The van der Waals surface area contributed by atoms with E-state index in [-0.39, 0.29) is 19.2 Å². The number of ether oxygens (including phenoxy) is 1. The summed E-state index contributed by atoms with van der Waals surface area (Å²) in [4.78, 5) is 13.8. The average Bonchev–Trinajstić information content (AvgIpc) is 2.86. The van der Waals surface area contributed by atoms with Crippen molar-refractivity contribution in [3.8, 4) is 5.69 Å². The van der Waals surface area contributed by atoms with Crippen LogP contribution in [0.5, 0.6) is 0 Å². The summed E-state index contributed by atoms with van der Waals surface area (Å²) in [5.41, 5.74) is 3.34. The number of amides is 2. The van der Waals surface area contributed by atoms with Crippen LogP contribution in [0, 0.1) is 13.8 Å². The molecule has 0 radical (unpaired) electrons. The van der Waals surface area contributed by atoms with Gasteiger partial charge in [-0.15, -0.1) is 0 Å². The van der Waals surface area contributed by atoms with Crippen LogP contribution >= 0.6 is 0 Å². The van der Waals surface area contributed by atoms with E-state index in [1.807, 2.05) is 44.2 Å². The number of carbonyl (C=O) groups excluding carboxylic acids is 1. The van der Waals surface area contributed by atoms with Crippen molar-refractivity contribution >= 4 is 11.7 Å². The number of hydrogen-bond donors (Lipinski definition) is 2. The topological polar surface area (TPSA) is 79.6 Å². The van der Waals surface area contributed by atoms with Crippen LogP contribution in [0.25, 0.3) is 5.69 Å². The van der Waals surface area contributed by atoms with Crippen molar-refractivity contribution in [3.63, 3.8) is 0 Å². The van der Waals surface area contributed by atoms with Crippen molar-refractivity contribution in [1.29, 1.82) is 0 Å². The van der Waals surface area contributed by atoms with E-state index < -0.39 is 6.10 Å². The Morgan fingerprint density at radius 2 is 2.12 bits per heavy atom. The molecule has 1 aromatic carbocycles. The van der Waals surface area contributed by atoms with Crippen LogP contribution < -0.4 is 5.32 Å². The summed E-state index contributed by atoms with van der Waals surface area (Å²) in [6, 6.07) is 9.14. The van der Waals surface area contributed by atoms with Gasteiger partial charge in [-0.25, -0.2) is 9.48 Å². The number of hydrogen-bond acceptors (Lipinski definition) is 4. The molecule has 24 heavy (non-hydrogen) atoms. The van der Waals surface area contributed by atoms with Crippen LogP contribution in [-0.4, -0.2) is 59.2 Å². The molecule has 2 aromatic rings. The van der Waals surface area contributed by atoms with Gasteiger partial charge in [-0.05, 0) is 32.0 Å². The zero-order valence-electron chi connectivity index (χ0n) is 14.5. The maximum atomic E-state index is 12.4. The number of carbonyl (C=O) groups is 1. The highest BCUT2D eigenvalue weighted by Gasteiger charge is 2.16. The van der Waals surface area contributed by atoms with Gasteiger partial charge in [0, 0.05) is 19.9 Å². The van der Waals surface area contributed by atoms with E-state index in [9.17, 15) is 9.90 Å². The molecule has 0 saturated heterocycles. The SMILES string of the molecule is COCC(O)CN(C)C(=O)Nc1ccccc1-n1nc(C)cc1C. The molecule has 0 aliphatic rings. The highest BCUT2D eigenvalue weighted by molar-refractivity contribution is 5.91. The van der Waals surface area contributed by atoms with Crippen LogP contribution in [0.4, 0.5) is 10.5 Å². The molecule has 0 aliphatic heterocycles. The largest absolute Gasteiger partial charge is 0.389 e. The molecule has 2 N–H and O–H groups in total. The summed E-state index contributed by atoms with van der Waals surface area (Å²) in [5, 5.41) is 17.1. The van der Waals surface area contributed by atoms with Gasteiger partial charge in [-0.3, -0.25) is 0 Å². The number of rotatable bonds is 6. The zero-order chi connectivity index (χ0) is 17.7. The number of anilines is 1. The fourth-order valence-electron chi connectivity index (χ4n) is 2.49. The Labute approximate surface area is 141 Å². The van der Waals surface area contributed by atoms with Gasteiger partial charge in [-0.2, -0.15) is 5.10 Å². The van der Waals surface area contributed by atoms with Crippen LogP contribution in [-0.2, 0) is 4.74 Å². The van der Waals surface area contributed by atoms with Gasteiger partial charge >= 0.3 is 6.03 Å². The molecule has 7 nitrogen and oxygen atoms in total. The number of para-hydroxylation sites is 2. The Bertz CT molecular complexity index is 699. The number of methoxy groups -OCH3 is 1. The molecule has 1 atom stereocenters. The summed E-state index contributed by atoms with van der Waals surface area (Å²) >= 11 is 0. The number of aryl methyl sites for hydroxylation is 2. The molecule has 2 amide bonds. The molecule has 1 heterocycles. The first kappa shape index (κ1) is 18.0. The second-order valence-corrected chi connectivity index (χ2v) is 5.78. The number of aliphatic hydroxyl groups is 1. The minimum absolute atomic E-state index is 0.181.